The third-order valence-corrected chi connectivity index (χ3v) is 4.24. The largest absolute Gasteiger partial charge is 0.444 e. The highest BCUT2D eigenvalue weighted by atomic mass is 16.6. The van der Waals surface area contributed by atoms with E-state index in [1.165, 1.54) is 18.4 Å². The van der Waals surface area contributed by atoms with E-state index in [0.717, 1.165) is 51.5 Å². The molecule has 0 saturated heterocycles. The highest BCUT2D eigenvalue weighted by Gasteiger charge is 2.15. The molecule has 0 unspecified atom stereocenters. The molecule has 0 heterocycles. The summed E-state index contributed by atoms with van der Waals surface area (Å²) < 4.78 is 11.0. The first-order valence-corrected chi connectivity index (χ1v) is 10.9. The van der Waals surface area contributed by atoms with Crippen LogP contribution in [-0.4, -0.2) is 56.0 Å². The second-order valence-corrected chi connectivity index (χ2v) is 8.30. The maximum absolute atomic E-state index is 11.7. The van der Waals surface area contributed by atoms with Gasteiger partial charge in [0.05, 0.1) is 13.2 Å². The molecule has 29 heavy (non-hydrogen) atoms. The number of nitrogens with one attached hydrogen (secondary N) is 2. The van der Waals surface area contributed by atoms with E-state index in [0.29, 0.717) is 6.54 Å². The number of nitrogens with zero attached hydrogens (tertiary/aromatic N) is 1. The number of amides is 1. The van der Waals surface area contributed by atoms with Gasteiger partial charge in [-0.3, -0.25) is 0 Å². The first-order valence-electron chi connectivity index (χ1n) is 10.9. The lowest BCUT2D eigenvalue weighted by Gasteiger charge is -2.20. The van der Waals surface area contributed by atoms with Gasteiger partial charge in [-0.15, -0.1) is 0 Å². The summed E-state index contributed by atoms with van der Waals surface area (Å²) in [4.78, 5) is 14.2. The molecule has 1 rings (SSSR count). The Labute approximate surface area is 177 Å². The van der Waals surface area contributed by atoms with Crippen molar-refractivity contribution >= 4 is 6.09 Å². The first kappa shape index (κ1) is 25.4. The minimum atomic E-state index is -0.478. The van der Waals surface area contributed by atoms with Crippen LogP contribution in [0.25, 0.3) is 0 Å². The Morgan fingerprint density at radius 2 is 1.52 bits per heavy atom. The number of hydrogen-bond donors (Lipinski definition) is 2. The van der Waals surface area contributed by atoms with Crippen molar-refractivity contribution in [2.75, 3.05) is 39.4 Å². The van der Waals surface area contributed by atoms with E-state index in [1.54, 1.807) is 0 Å². The molecule has 2 N–H and O–H groups in total. The molecule has 0 aliphatic carbocycles. The van der Waals surface area contributed by atoms with Crippen LogP contribution in [-0.2, 0) is 22.6 Å². The van der Waals surface area contributed by atoms with Crippen LogP contribution in [0.5, 0.6) is 0 Å². The number of alkyl carbamates (subject to hydrolysis) is 1. The maximum atomic E-state index is 11.7. The van der Waals surface area contributed by atoms with Crippen LogP contribution in [0.15, 0.2) is 24.3 Å². The summed E-state index contributed by atoms with van der Waals surface area (Å²) in [5.41, 5.74) is 1.78. The summed E-state index contributed by atoms with van der Waals surface area (Å²) in [6.07, 6.45) is 1.99. The molecule has 1 amide bonds. The maximum Gasteiger partial charge on any atom is 0.407 e. The Morgan fingerprint density at radius 1 is 0.931 bits per heavy atom. The first-order chi connectivity index (χ1) is 13.8. The van der Waals surface area contributed by atoms with Crippen LogP contribution in [0.2, 0.25) is 0 Å². The third kappa shape index (κ3) is 13.3. The van der Waals surface area contributed by atoms with Crippen molar-refractivity contribution in [3.63, 3.8) is 0 Å². The average Bonchev–Trinajstić information content (AvgIpc) is 2.65. The zero-order valence-electron chi connectivity index (χ0n) is 19.1. The molecule has 0 aromatic heterocycles. The number of hydrogen-bond acceptors (Lipinski definition) is 5. The number of rotatable bonds is 14. The zero-order chi connectivity index (χ0) is 21.5. The van der Waals surface area contributed by atoms with E-state index in [4.69, 9.17) is 9.47 Å². The van der Waals surface area contributed by atoms with Crippen molar-refractivity contribution in [1.29, 1.82) is 0 Å². The van der Waals surface area contributed by atoms with Gasteiger partial charge in [-0.25, -0.2) is 4.79 Å². The third-order valence-electron chi connectivity index (χ3n) is 4.24. The lowest BCUT2D eigenvalue weighted by atomic mass is 10.1. The lowest BCUT2D eigenvalue weighted by molar-refractivity contribution is 0.0523. The normalized spacial score (nSPS) is 11.7. The fourth-order valence-electron chi connectivity index (χ4n) is 2.90. The Bertz CT molecular complexity index is 549. The molecule has 1 aromatic carbocycles. The summed E-state index contributed by atoms with van der Waals surface area (Å²) >= 11 is 0. The SMILES string of the molecule is CCCN(CCC)CCOCCNCc1ccc(CNC(=O)OC(C)(C)C)cc1. The van der Waals surface area contributed by atoms with Crippen molar-refractivity contribution in [3.05, 3.63) is 35.4 Å². The molecular weight excluding hydrogens is 366 g/mol. The van der Waals surface area contributed by atoms with Gasteiger partial charge >= 0.3 is 6.09 Å². The Morgan fingerprint density at radius 3 is 2.07 bits per heavy atom. The summed E-state index contributed by atoms with van der Waals surface area (Å²) in [7, 11) is 0. The molecule has 0 aliphatic rings. The summed E-state index contributed by atoms with van der Waals surface area (Å²) in [5, 5.41) is 6.18. The predicted molar refractivity (Wildman–Crippen MR) is 119 cm³/mol. The zero-order valence-corrected chi connectivity index (χ0v) is 19.1. The quantitative estimate of drug-likeness (QED) is 0.458. The minimum absolute atomic E-state index is 0.393. The van der Waals surface area contributed by atoms with Gasteiger partial charge in [-0.05, 0) is 57.8 Å². The van der Waals surface area contributed by atoms with E-state index >= 15 is 0 Å². The van der Waals surface area contributed by atoms with Crippen molar-refractivity contribution in [2.45, 2.75) is 66.2 Å². The highest BCUT2D eigenvalue weighted by molar-refractivity contribution is 5.67. The van der Waals surface area contributed by atoms with Gasteiger partial charge in [0.15, 0.2) is 0 Å². The van der Waals surface area contributed by atoms with Gasteiger partial charge in [-0.2, -0.15) is 0 Å². The standard InChI is InChI=1S/C23H41N3O3/c1-6-13-26(14-7-2)15-17-28-16-12-24-18-20-8-10-21(11-9-20)19-25-22(27)29-23(3,4)5/h8-11,24H,6-7,12-19H2,1-5H3,(H,25,27). The lowest BCUT2D eigenvalue weighted by Crippen LogP contribution is -2.32. The van der Waals surface area contributed by atoms with Crippen LogP contribution in [0.4, 0.5) is 4.79 Å². The number of benzene rings is 1. The van der Waals surface area contributed by atoms with Crippen LogP contribution in [0.1, 0.15) is 58.6 Å². The van der Waals surface area contributed by atoms with E-state index < -0.39 is 11.7 Å². The molecule has 0 saturated carbocycles. The molecule has 0 aliphatic heterocycles. The number of carbonyl (C=O) groups excluding carboxylic acids is 1. The van der Waals surface area contributed by atoms with Gasteiger partial charge in [0.2, 0.25) is 0 Å². The smallest absolute Gasteiger partial charge is 0.407 e. The van der Waals surface area contributed by atoms with Gasteiger partial charge in [0.25, 0.3) is 0 Å². The van der Waals surface area contributed by atoms with Crippen LogP contribution in [0.3, 0.4) is 0 Å². The van der Waals surface area contributed by atoms with Gasteiger partial charge < -0.3 is 25.0 Å². The van der Waals surface area contributed by atoms with E-state index in [9.17, 15) is 4.79 Å². The van der Waals surface area contributed by atoms with Crippen molar-refractivity contribution in [1.82, 2.24) is 15.5 Å². The van der Waals surface area contributed by atoms with Crippen molar-refractivity contribution in [2.24, 2.45) is 0 Å². The van der Waals surface area contributed by atoms with E-state index in [2.05, 4.69) is 41.5 Å². The molecule has 0 bridgehead atoms. The molecule has 1 aromatic rings. The van der Waals surface area contributed by atoms with Crippen molar-refractivity contribution in [3.8, 4) is 0 Å². The summed E-state index contributed by atoms with van der Waals surface area (Å²) in [6.45, 7) is 16.9. The highest BCUT2D eigenvalue weighted by Crippen LogP contribution is 2.08. The number of carbonyl (C=O) groups is 1. The molecule has 6 nitrogen and oxygen atoms in total. The molecular formula is C23H41N3O3. The minimum Gasteiger partial charge on any atom is -0.444 e. The summed E-state index contributed by atoms with van der Waals surface area (Å²) in [5.74, 6) is 0. The molecule has 166 valence electrons. The van der Waals surface area contributed by atoms with E-state index in [1.807, 2.05) is 32.9 Å². The summed E-state index contributed by atoms with van der Waals surface area (Å²) in [6, 6.07) is 8.21. The molecule has 0 spiro atoms. The van der Waals surface area contributed by atoms with Gasteiger partial charge in [0.1, 0.15) is 5.60 Å². The second-order valence-electron chi connectivity index (χ2n) is 8.30. The Balaban J connectivity index is 2.14. The van der Waals surface area contributed by atoms with Gasteiger partial charge in [0, 0.05) is 26.2 Å². The fourth-order valence-corrected chi connectivity index (χ4v) is 2.90. The fraction of sp³-hybridized carbons (Fsp3) is 0.696. The average molecular weight is 408 g/mol. The van der Waals surface area contributed by atoms with Gasteiger partial charge in [-0.1, -0.05) is 38.1 Å². The second kappa shape index (κ2) is 14.4. The van der Waals surface area contributed by atoms with Crippen LogP contribution >= 0.6 is 0 Å². The van der Waals surface area contributed by atoms with Crippen molar-refractivity contribution < 1.29 is 14.3 Å². The predicted octanol–water partition coefficient (Wildman–Crippen LogP) is 3.94. The molecule has 0 radical (unpaired) electrons. The monoisotopic (exact) mass is 407 g/mol. The molecule has 0 atom stereocenters. The van der Waals surface area contributed by atoms with E-state index in [-0.39, 0.29) is 0 Å². The topological polar surface area (TPSA) is 62.8 Å². The molecule has 0 fully saturated rings. The number of ether oxygens (including phenoxy) is 2. The Kier molecular flexibility index (Phi) is 12.6. The Hall–Kier alpha value is -1.63. The van der Waals surface area contributed by atoms with Crippen LogP contribution < -0.4 is 10.6 Å². The van der Waals surface area contributed by atoms with Crippen LogP contribution in [0, 0.1) is 0 Å². The molecule has 6 heteroatoms.